The summed E-state index contributed by atoms with van der Waals surface area (Å²) in [5.41, 5.74) is 0.700. The molecular weight excluding hydrogens is 288 g/mol. The summed E-state index contributed by atoms with van der Waals surface area (Å²) in [6, 6.07) is 0.248. The lowest BCUT2D eigenvalue weighted by atomic mass is 9.98. The number of hydrogen-bond acceptors (Lipinski definition) is 5. The lowest BCUT2D eigenvalue weighted by Gasteiger charge is -2.24. The third-order valence-electron chi connectivity index (χ3n) is 3.69. The molecule has 1 saturated heterocycles. The van der Waals surface area contributed by atoms with Crippen LogP contribution in [0.2, 0.25) is 0 Å². The predicted octanol–water partition coefficient (Wildman–Crippen LogP) is 3.27. The molecular formula is C15H26N2OS2. The van der Waals surface area contributed by atoms with Gasteiger partial charge in [0.05, 0.1) is 16.3 Å². The van der Waals surface area contributed by atoms with Crippen LogP contribution < -0.4 is 5.32 Å². The summed E-state index contributed by atoms with van der Waals surface area (Å²) in [4.78, 5) is 6.01. The normalized spacial score (nSPS) is 25.1. The fourth-order valence-electron chi connectivity index (χ4n) is 2.30. The van der Waals surface area contributed by atoms with Crippen molar-refractivity contribution in [2.75, 3.05) is 18.1 Å². The predicted molar refractivity (Wildman–Crippen MR) is 88.9 cm³/mol. The van der Waals surface area contributed by atoms with E-state index in [2.05, 4.69) is 39.9 Å². The number of hydrogen-bond donors (Lipinski definition) is 2. The highest BCUT2D eigenvalue weighted by atomic mass is 32.2. The van der Waals surface area contributed by atoms with Gasteiger partial charge in [-0.2, -0.15) is 11.8 Å². The Morgan fingerprint density at radius 2 is 2.15 bits per heavy atom. The molecule has 0 unspecified atom stereocenters. The zero-order valence-electron chi connectivity index (χ0n) is 13.1. The van der Waals surface area contributed by atoms with E-state index in [1.807, 2.05) is 11.8 Å². The third kappa shape index (κ3) is 3.75. The number of aromatic nitrogens is 1. The van der Waals surface area contributed by atoms with Gasteiger partial charge < -0.3 is 10.4 Å². The van der Waals surface area contributed by atoms with E-state index in [1.165, 1.54) is 9.88 Å². The molecule has 1 aromatic rings. The fourth-order valence-corrected chi connectivity index (χ4v) is 4.75. The second kappa shape index (κ2) is 5.95. The Balaban J connectivity index is 2.02. The van der Waals surface area contributed by atoms with E-state index in [1.54, 1.807) is 11.3 Å². The first-order chi connectivity index (χ1) is 9.21. The summed E-state index contributed by atoms with van der Waals surface area (Å²) in [6.07, 6.45) is 0.895. The minimum atomic E-state index is -0.523. The minimum absolute atomic E-state index is 0.105. The summed E-state index contributed by atoms with van der Waals surface area (Å²) in [7, 11) is 0. The van der Waals surface area contributed by atoms with Crippen molar-refractivity contribution < 1.29 is 5.11 Å². The van der Waals surface area contributed by atoms with Gasteiger partial charge in [0, 0.05) is 28.6 Å². The average Bonchev–Trinajstić information content (AvgIpc) is 2.93. The number of rotatable bonds is 4. The van der Waals surface area contributed by atoms with Crippen LogP contribution in [0.3, 0.4) is 0 Å². The number of thioether (sulfide) groups is 1. The van der Waals surface area contributed by atoms with E-state index >= 15 is 0 Å². The SMILES string of the molecule is Cc1nc(C(C)(C)C)sc1[C@@H](C)NC[C@@]1(O)CCSC1. The van der Waals surface area contributed by atoms with Crippen molar-refractivity contribution in [2.45, 2.75) is 58.1 Å². The molecule has 0 saturated carbocycles. The molecule has 0 aliphatic carbocycles. The van der Waals surface area contributed by atoms with Gasteiger partial charge in [0.1, 0.15) is 0 Å². The van der Waals surface area contributed by atoms with Crippen LogP contribution in [-0.2, 0) is 5.41 Å². The maximum absolute atomic E-state index is 10.4. The minimum Gasteiger partial charge on any atom is -0.388 e. The highest BCUT2D eigenvalue weighted by molar-refractivity contribution is 7.99. The Hall–Kier alpha value is -0.100. The highest BCUT2D eigenvalue weighted by Crippen LogP contribution is 2.33. The summed E-state index contributed by atoms with van der Waals surface area (Å²) < 4.78 is 0. The average molecular weight is 315 g/mol. The summed E-state index contributed by atoms with van der Waals surface area (Å²) in [5.74, 6) is 1.92. The second-order valence-electron chi connectivity index (χ2n) is 6.85. The maximum Gasteiger partial charge on any atom is 0.0985 e. The Labute approximate surface area is 130 Å². The van der Waals surface area contributed by atoms with Crippen LogP contribution >= 0.6 is 23.1 Å². The van der Waals surface area contributed by atoms with Crippen LogP contribution in [0.5, 0.6) is 0 Å². The zero-order valence-corrected chi connectivity index (χ0v) is 14.7. The molecule has 1 fully saturated rings. The molecule has 1 aromatic heterocycles. The Morgan fingerprint density at radius 3 is 2.65 bits per heavy atom. The summed E-state index contributed by atoms with van der Waals surface area (Å²) >= 11 is 3.63. The fraction of sp³-hybridized carbons (Fsp3) is 0.800. The van der Waals surface area contributed by atoms with E-state index in [9.17, 15) is 5.11 Å². The first-order valence-electron chi connectivity index (χ1n) is 7.23. The van der Waals surface area contributed by atoms with E-state index in [4.69, 9.17) is 4.98 Å². The standard InChI is InChI=1S/C15H26N2OS2/c1-10(16-8-15(18)6-7-19-9-15)12-11(2)17-13(20-12)14(3,4)5/h10,16,18H,6-9H2,1-5H3/t10-,15+/m1/s1. The number of nitrogens with one attached hydrogen (secondary N) is 1. The third-order valence-corrected chi connectivity index (χ3v) is 6.69. The van der Waals surface area contributed by atoms with Gasteiger partial charge in [-0.15, -0.1) is 11.3 Å². The molecule has 3 nitrogen and oxygen atoms in total. The van der Waals surface area contributed by atoms with Gasteiger partial charge in [-0.1, -0.05) is 20.8 Å². The smallest absolute Gasteiger partial charge is 0.0985 e. The molecule has 2 N–H and O–H groups in total. The molecule has 114 valence electrons. The largest absolute Gasteiger partial charge is 0.388 e. The molecule has 2 rings (SSSR count). The van der Waals surface area contributed by atoms with Crippen LogP contribution in [0.4, 0.5) is 0 Å². The summed E-state index contributed by atoms with van der Waals surface area (Å²) in [5, 5.41) is 15.1. The van der Waals surface area contributed by atoms with Crippen LogP contribution in [0.1, 0.15) is 55.7 Å². The van der Waals surface area contributed by atoms with Crippen LogP contribution in [0.15, 0.2) is 0 Å². The molecule has 1 aliphatic rings. The monoisotopic (exact) mass is 314 g/mol. The molecule has 5 heteroatoms. The first kappa shape index (κ1) is 16.3. The topological polar surface area (TPSA) is 45.2 Å². The van der Waals surface area contributed by atoms with Gasteiger partial charge in [-0.3, -0.25) is 0 Å². The van der Waals surface area contributed by atoms with E-state index in [-0.39, 0.29) is 11.5 Å². The van der Waals surface area contributed by atoms with E-state index < -0.39 is 5.60 Å². The molecule has 0 bridgehead atoms. The lowest BCUT2D eigenvalue weighted by Crippen LogP contribution is -2.41. The lowest BCUT2D eigenvalue weighted by molar-refractivity contribution is 0.0652. The number of thiazole rings is 1. The quantitative estimate of drug-likeness (QED) is 0.895. The van der Waals surface area contributed by atoms with E-state index in [0.717, 1.165) is 23.6 Å². The maximum atomic E-state index is 10.4. The summed E-state index contributed by atoms with van der Waals surface area (Å²) in [6.45, 7) is 11.5. The van der Waals surface area contributed by atoms with Crippen molar-refractivity contribution in [3.05, 3.63) is 15.6 Å². The van der Waals surface area contributed by atoms with Gasteiger partial charge in [0.15, 0.2) is 0 Å². The van der Waals surface area contributed by atoms with Crippen molar-refractivity contribution in [3.63, 3.8) is 0 Å². The van der Waals surface area contributed by atoms with Gasteiger partial charge >= 0.3 is 0 Å². The molecule has 0 amide bonds. The molecule has 0 aromatic carbocycles. The van der Waals surface area contributed by atoms with Crippen LogP contribution in [0, 0.1) is 6.92 Å². The molecule has 20 heavy (non-hydrogen) atoms. The number of aliphatic hydroxyl groups is 1. The highest BCUT2D eigenvalue weighted by Gasteiger charge is 2.32. The van der Waals surface area contributed by atoms with Crippen molar-refractivity contribution in [3.8, 4) is 0 Å². The van der Waals surface area contributed by atoms with E-state index in [0.29, 0.717) is 6.54 Å². The van der Waals surface area contributed by atoms with Gasteiger partial charge in [-0.25, -0.2) is 4.98 Å². The Bertz CT molecular complexity index is 459. The van der Waals surface area contributed by atoms with Crippen LogP contribution in [0.25, 0.3) is 0 Å². The Kier molecular flexibility index (Phi) is 4.84. The molecule has 2 heterocycles. The second-order valence-corrected chi connectivity index (χ2v) is 8.98. The van der Waals surface area contributed by atoms with Gasteiger partial charge in [-0.05, 0) is 26.0 Å². The van der Waals surface area contributed by atoms with Crippen molar-refractivity contribution in [2.24, 2.45) is 0 Å². The van der Waals surface area contributed by atoms with Crippen molar-refractivity contribution in [1.29, 1.82) is 0 Å². The number of aryl methyl sites for hydroxylation is 1. The van der Waals surface area contributed by atoms with Gasteiger partial charge in [0.25, 0.3) is 0 Å². The van der Waals surface area contributed by atoms with Crippen LogP contribution in [-0.4, -0.2) is 33.7 Å². The molecule has 1 aliphatic heterocycles. The van der Waals surface area contributed by atoms with Gasteiger partial charge in [0.2, 0.25) is 0 Å². The molecule has 0 spiro atoms. The van der Waals surface area contributed by atoms with Crippen molar-refractivity contribution in [1.82, 2.24) is 10.3 Å². The Morgan fingerprint density at radius 1 is 1.45 bits per heavy atom. The first-order valence-corrected chi connectivity index (χ1v) is 9.20. The number of nitrogens with zero attached hydrogens (tertiary/aromatic N) is 1. The molecule has 0 radical (unpaired) electrons. The zero-order chi connectivity index (χ0) is 15.0. The van der Waals surface area contributed by atoms with Crippen molar-refractivity contribution >= 4 is 23.1 Å². The molecule has 2 atom stereocenters.